The number of pyridine rings is 1. The number of nitrogens with one attached hydrogen (secondary N) is 3. The van der Waals surface area contributed by atoms with Gasteiger partial charge < -0.3 is 25.8 Å². The van der Waals surface area contributed by atoms with Crippen LogP contribution in [0, 0.1) is 0 Å². The molecule has 0 spiro atoms. The van der Waals surface area contributed by atoms with E-state index in [9.17, 15) is 4.79 Å². The maximum atomic E-state index is 10.2. The highest BCUT2D eigenvalue weighted by Gasteiger charge is 1.99. The number of thiocarbonyl (C=S) groups is 1. The average molecular weight is 284 g/mol. The largest absolute Gasteiger partial charge is 0.495 e. The Bertz CT molecular complexity index is 424. The minimum Gasteiger partial charge on any atom is -0.495 e. The molecule has 0 aliphatic carbocycles. The van der Waals surface area contributed by atoms with E-state index in [2.05, 4.69) is 20.9 Å². The first kappa shape index (κ1) is 15.0. The van der Waals surface area contributed by atoms with Crippen molar-refractivity contribution in [1.82, 2.24) is 15.6 Å². The molecule has 7 nitrogen and oxygen atoms in total. The second-order valence-corrected chi connectivity index (χ2v) is 3.96. The fraction of sp³-hybridized carbons (Fsp3) is 0.364. The smallest absolute Gasteiger partial charge is 0.404 e. The molecule has 1 rings (SSSR count). The molecule has 1 aromatic rings. The molecule has 104 valence electrons. The molecule has 4 N–H and O–H groups in total. The van der Waals surface area contributed by atoms with Crippen LogP contribution in [0.2, 0.25) is 0 Å². The zero-order valence-electron chi connectivity index (χ0n) is 10.5. The van der Waals surface area contributed by atoms with E-state index in [1.807, 2.05) is 0 Å². The Hall–Kier alpha value is -2.09. The van der Waals surface area contributed by atoms with Crippen LogP contribution < -0.4 is 20.7 Å². The molecule has 1 aromatic heterocycles. The zero-order chi connectivity index (χ0) is 14.1. The molecule has 0 atom stereocenters. The van der Waals surface area contributed by atoms with Crippen molar-refractivity contribution in [2.24, 2.45) is 0 Å². The lowest BCUT2D eigenvalue weighted by Crippen LogP contribution is -2.32. The molecule has 1 heterocycles. The van der Waals surface area contributed by atoms with Gasteiger partial charge in [0.25, 0.3) is 0 Å². The van der Waals surface area contributed by atoms with Gasteiger partial charge in [0, 0.05) is 13.1 Å². The second-order valence-electron chi connectivity index (χ2n) is 3.55. The summed E-state index contributed by atoms with van der Waals surface area (Å²) in [6.45, 7) is 0.952. The summed E-state index contributed by atoms with van der Waals surface area (Å²) in [4.78, 5) is 14.3. The summed E-state index contributed by atoms with van der Waals surface area (Å²) in [5.74, 6) is 1.28. The molecule has 0 saturated heterocycles. The fourth-order valence-corrected chi connectivity index (χ4v) is 1.43. The molecule has 0 fully saturated rings. The summed E-state index contributed by atoms with van der Waals surface area (Å²) in [5.41, 5.74) is 0. The van der Waals surface area contributed by atoms with Crippen molar-refractivity contribution in [3.05, 3.63) is 18.3 Å². The SMILES string of the molecule is COc1ccc(NC(=S)NCCCNC(=O)O)nc1. The summed E-state index contributed by atoms with van der Waals surface area (Å²) in [7, 11) is 1.57. The molecule has 8 heteroatoms. The lowest BCUT2D eigenvalue weighted by molar-refractivity contribution is 0.194. The van der Waals surface area contributed by atoms with Crippen molar-refractivity contribution in [1.29, 1.82) is 0 Å². The highest BCUT2D eigenvalue weighted by atomic mass is 32.1. The Kier molecular flexibility index (Phi) is 6.37. The number of aromatic nitrogens is 1. The zero-order valence-corrected chi connectivity index (χ0v) is 11.3. The van der Waals surface area contributed by atoms with E-state index in [0.29, 0.717) is 36.2 Å². The lowest BCUT2D eigenvalue weighted by Gasteiger charge is -2.10. The van der Waals surface area contributed by atoms with E-state index in [1.54, 1.807) is 25.4 Å². The fourth-order valence-electron chi connectivity index (χ4n) is 1.22. The van der Waals surface area contributed by atoms with E-state index in [4.69, 9.17) is 22.1 Å². The highest BCUT2D eigenvalue weighted by molar-refractivity contribution is 7.80. The first-order valence-corrected chi connectivity index (χ1v) is 6.04. The van der Waals surface area contributed by atoms with Crippen molar-refractivity contribution in [3.63, 3.8) is 0 Å². The highest BCUT2D eigenvalue weighted by Crippen LogP contribution is 2.10. The number of amides is 1. The molecule has 0 radical (unpaired) electrons. The third-order valence-electron chi connectivity index (χ3n) is 2.13. The van der Waals surface area contributed by atoms with Crippen LogP contribution in [0.1, 0.15) is 6.42 Å². The molecule has 1 amide bonds. The third-order valence-corrected chi connectivity index (χ3v) is 2.38. The summed E-state index contributed by atoms with van der Waals surface area (Å²) < 4.78 is 4.99. The molecule has 19 heavy (non-hydrogen) atoms. The number of nitrogens with zero attached hydrogens (tertiary/aromatic N) is 1. The minimum absolute atomic E-state index is 0.381. The van der Waals surface area contributed by atoms with Crippen LogP contribution in [0.15, 0.2) is 18.3 Å². The first-order chi connectivity index (χ1) is 9.11. The Morgan fingerprint density at radius 2 is 2.16 bits per heavy atom. The molecule has 0 aliphatic heterocycles. The van der Waals surface area contributed by atoms with Gasteiger partial charge in [0.2, 0.25) is 0 Å². The van der Waals surface area contributed by atoms with Gasteiger partial charge in [-0.05, 0) is 30.8 Å². The molecule has 0 aromatic carbocycles. The van der Waals surface area contributed by atoms with E-state index in [-0.39, 0.29) is 0 Å². The standard InChI is InChI=1S/C11H16N4O3S/c1-18-8-3-4-9(14-7-8)15-10(19)12-5-2-6-13-11(16)17/h3-4,7,13H,2,5-6H2,1H3,(H,16,17)(H2,12,14,15,19). The monoisotopic (exact) mass is 284 g/mol. The topological polar surface area (TPSA) is 95.5 Å². The van der Waals surface area contributed by atoms with Crippen molar-refractivity contribution in [2.75, 3.05) is 25.5 Å². The molecule has 0 unspecified atom stereocenters. The molecule has 0 aliphatic rings. The van der Waals surface area contributed by atoms with E-state index in [0.717, 1.165) is 0 Å². The van der Waals surface area contributed by atoms with Crippen molar-refractivity contribution >= 4 is 29.2 Å². The van der Waals surface area contributed by atoms with Crippen LogP contribution >= 0.6 is 12.2 Å². The molecule has 0 saturated carbocycles. The molecule has 0 bridgehead atoms. The number of ether oxygens (including phenoxy) is 1. The van der Waals surface area contributed by atoms with Crippen molar-refractivity contribution in [2.45, 2.75) is 6.42 Å². The Balaban J connectivity index is 2.21. The number of rotatable bonds is 6. The average Bonchev–Trinajstić information content (AvgIpc) is 2.39. The van der Waals surface area contributed by atoms with Crippen LogP contribution in [-0.4, -0.2) is 41.5 Å². The van der Waals surface area contributed by atoms with Crippen molar-refractivity contribution < 1.29 is 14.6 Å². The number of anilines is 1. The summed E-state index contributed by atoms with van der Waals surface area (Å²) in [6.07, 6.45) is 1.20. The Morgan fingerprint density at radius 3 is 2.74 bits per heavy atom. The van der Waals surface area contributed by atoms with Gasteiger partial charge in [-0.25, -0.2) is 9.78 Å². The van der Waals surface area contributed by atoms with Crippen LogP contribution in [0.25, 0.3) is 0 Å². The van der Waals surface area contributed by atoms with Crippen LogP contribution in [0.4, 0.5) is 10.6 Å². The lowest BCUT2D eigenvalue weighted by atomic mass is 10.4. The predicted octanol–water partition coefficient (Wildman–Crippen LogP) is 1.03. The van der Waals surface area contributed by atoms with Crippen LogP contribution in [0.3, 0.4) is 0 Å². The number of hydrogen-bond acceptors (Lipinski definition) is 4. The second kappa shape index (κ2) is 8.09. The van der Waals surface area contributed by atoms with Gasteiger partial charge in [0.15, 0.2) is 5.11 Å². The quantitative estimate of drug-likeness (QED) is 0.458. The van der Waals surface area contributed by atoms with Gasteiger partial charge in [-0.3, -0.25) is 0 Å². The van der Waals surface area contributed by atoms with E-state index < -0.39 is 6.09 Å². The number of methoxy groups -OCH3 is 1. The summed E-state index contributed by atoms with van der Waals surface area (Å²) in [5, 5.41) is 16.9. The Labute approximate surface area is 116 Å². The number of carbonyl (C=O) groups is 1. The summed E-state index contributed by atoms with van der Waals surface area (Å²) in [6, 6.07) is 3.52. The third kappa shape index (κ3) is 6.41. The Morgan fingerprint density at radius 1 is 1.42 bits per heavy atom. The van der Waals surface area contributed by atoms with E-state index >= 15 is 0 Å². The van der Waals surface area contributed by atoms with Gasteiger partial charge in [-0.15, -0.1) is 0 Å². The van der Waals surface area contributed by atoms with Gasteiger partial charge >= 0.3 is 6.09 Å². The van der Waals surface area contributed by atoms with Gasteiger partial charge in [0.05, 0.1) is 13.3 Å². The number of carboxylic acid groups (broad SMARTS) is 1. The predicted molar refractivity (Wildman–Crippen MR) is 75.7 cm³/mol. The van der Waals surface area contributed by atoms with Gasteiger partial charge in [-0.2, -0.15) is 0 Å². The van der Waals surface area contributed by atoms with Crippen molar-refractivity contribution in [3.8, 4) is 5.75 Å². The molecular formula is C11H16N4O3S. The van der Waals surface area contributed by atoms with Crippen LogP contribution in [-0.2, 0) is 0 Å². The maximum absolute atomic E-state index is 10.2. The first-order valence-electron chi connectivity index (χ1n) is 5.63. The van der Waals surface area contributed by atoms with E-state index in [1.165, 1.54) is 0 Å². The van der Waals surface area contributed by atoms with Crippen LogP contribution in [0.5, 0.6) is 5.75 Å². The molecular weight excluding hydrogens is 268 g/mol. The normalized spacial score (nSPS) is 9.53. The number of hydrogen-bond donors (Lipinski definition) is 4. The van der Waals surface area contributed by atoms with Gasteiger partial charge in [-0.1, -0.05) is 0 Å². The van der Waals surface area contributed by atoms with Gasteiger partial charge in [0.1, 0.15) is 11.6 Å². The maximum Gasteiger partial charge on any atom is 0.404 e. The summed E-state index contributed by atoms with van der Waals surface area (Å²) >= 11 is 5.07. The minimum atomic E-state index is -1.02.